The summed E-state index contributed by atoms with van der Waals surface area (Å²) in [4.78, 5) is 37.2. The lowest BCUT2D eigenvalue weighted by molar-refractivity contribution is -0.123. The molecule has 4 fully saturated rings. The summed E-state index contributed by atoms with van der Waals surface area (Å²) >= 11 is 3.24. The average Bonchev–Trinajstić information content (AvgIpc) is 3.39. The van der Waals surface area contributed by atoms with E-state index in [9.17, 15) is 14.4 Å². The molecular weight excluding hydrogens is 436 g/mol. The predicted octanol–water partition coefficient (Wildman–Crippen LogP) is 2.29. The molecule has 0 aromatic rings. The van der Waals surface area contributed by atoms with E-state index in [0.29, 0.717) is 17.0 Å². The van der Waals surface area contributed by atoms with Crippen LogP contribution in [0.2, 0.25) is 0 Å². The van der Waals surface area contributed by atoms with Crippen molar-refractivity contribution in [3.8, 4) is 0 Å². The predicted molar refractivity (Wildman–Crippen MR) is 123 cm³/mol. The molecule has 4 aliphatic rings. The SMILES string of the molecule is CCOC(=O)NC(=O)C1NCSC1NC(=O)C1NC2(C3CCCCC3)CCCCC2S1. The summed E-state index contributed by atoms with van der Waals surface area (Å²) in [5, 5.41) is 11.9. The Labute approximate surface area is 192 Å². The van der Waals surface area contributed by atoms with E-state index in [1.807, 2.05) is 0 Å². The highest BCUT2D eigenvalue weighted by Crippen LogP contribution is 2.51. The van der Waals surface area contributed by atoms with Gasteiger partial charge in [0.15, 0.2) is 0 Å². The van der Waals surface area contributed by atoms with Gasteiger partial charge in [-0.1, -0.05) is 32.1 Å². The van der Waals surface area contributed by atoms with Crippen LogP contribution < -0.4 is 21.3 Å². The maximum absolute atomic E-state index is 13.2. The van der Waals surface area contributed by atoms with Gasteiger partial charge in [0, 0.05) is 16.7 Å². The summed E-state index contributed by atoms with van der Waals surface area (Å²) < 4.78 is 4.79. The molecule has 10 heteroatoms. The van der Waals surface area contributed by atoms with Gasteiger partial charge < -0.3 is 10.1 Å². The molecule has 5 atom stereocenters. The van der Waals surface area contributed by atoms with Gasteiger partial charge in [-0.15, -0.1) is 23.5 Å². The molecule has 2 aliphatic heterocycles. The zero-order valence-electron chi connectivity index (χ0n) is 18.1. The molecule has 2 saturated carbocycles. The number of fused-ring (bicyclic) bond motifs is 1. The van der Waals surface area contributed by atoms with Crippen molar-refractivity contribution in [2.75, 3.05) is 12.5 Å². The molecule has 3 amide bonds. The van der Waals surface area contributed by atoms with Gasteiger partial charge in [0.1, 0.15) is 16.8 Å². The van der Waals surface area contributed by atoms with Crippen molar-refractivity contribution in [3.63, 3.8) is 0 Å². The second kappa shape index (κ2) is 10.3. The van der Waals surface area contributed by atoms with Crippen LogP contribution in [0.5, 0.6) is 0 Å². The topological polar surface area (TPSA) is 109 Å². The number of alkyl carbamates (subject to hydrolysis) is 1. The second-order valence-corrected chi connectivity index (χ2v) is 11.3. The monoisotopic (exact) mass is 470 g/mol. The molecule has 5 unspecified atom stereocenters. The van der Waals surface area contributed by atoms with Crippen LogP contribution in [0.3, 0.4) is 0 Å². The number of ether oxygens (including phenoxy) is 1. The molecule has 2 heterocycles. The van der Waals surface area contributed by atoms with Crippen LogP contribution in [-0.2, 0) is 14.3 Å². The van der Waals surface area contributed by atoms with Gasteiger partial charge in [0.05, 0.1) is 6.61 Å². The second-order valence-electron chi connectivity index (χ2n) is 8.90. The summed E-state index contributed by atoms with van der Waals surface area (Å²) in [5.74, 6) is 0.645. The molecule has 4 N–H and O–H groups in total. The minimum absolute atomic E-state index is 0.0651. The van der Waals surface area contributed by atoms with Crippen molar-refractivity contribution in [3.05, 3.63) is 0 Å². The number of amides is 3. The number of hydrogen-bond donors (Lipinski definition) is 4. The fraction of sp³-hybridized carbons (Fsp3) is 0.857. The lowest BCUT2D eigenvalue weighted by Gasteiger charge is -2.46. The fourth-order valence-electron chi connectivity index (χ4n) is 5.64. The Hall–Kier alpha value is -0.970. The molecule has 2 saturated heterocycles. The van der Waals surface area contributed by atoms with Gasteiger partial charge in [-0.2, -0.15) is 0 Å². The van der Waals surface area contributed by atoms with Crippen LogP contribution in [0.25, 0.3) is 0 Å². The number of imide groups is 1. The number of thioether (sulfide) groups is 2. The molecule has 4 rings (SSSR count). The van der Waals surface area contributed by atoms with Crippen LogP contribution in [0.4, 0.5) is 4.79 Å². The molecule has 31 heavy (non-hydrogen) atoms. The zero-order chi connectivity index (χ0) is 21.8. The highest BCUT2D eigenvalue weighted by Gasteiger charge is 2.54. The Morgan fingerprint density at radius 3 is 2.61 bits per heavy atom. The summed E-state index contributed by atoms with van der Waals surface area (Å²) in [7, 11) is 0. The number of nitrogens with one attached hydrogen (secondary N) is 4. The Balaban J connectivity index is 1.38. The number of carbonyl (C=O) groups is 3. The van der Waals surface area contributed by atoms with Crippen molar-refractivity contribution < 1.29 is 19.1 Å². The first-order valence-electron chi connectivity index (χ1n) is 11.6. The summed E-state index contributed by atoms with van der Waals surface area (Å²) in [6.45, 7) is 1.88. The lowest BCUT2D eigenvalue weighted by Crippen LogP contribution is -2.59. The molecule has 2 aliphatic carbocycles. The Bertz CT molecular complexity index is 690. The van der Waals surface area contributed by atoms with E-state index in [0.717, 1.165) is 6.42 Å². The first kappa shape index (κ1) is 23.2. The normalized spacial score (nSPS) is 35.9. The maximum atomic E-state index is 13.2. The van der Waals surface area contributed by atoms with E-state index >= 15 is 0 Å². The Morgan fingerprint density at radius 1 is 1.06 bits per heavy atom. The van der Waals surface area contributed by atoms with Crippen LogP contribution in [0.15, 0.2) is 0 Å². The van der Waals surface area contributed by atoms with Crippen molar-refractivity contribution in [1.82, 2.24) is 21.3 Å². The largest absolute Gasteiger partial charge is 0.450 e. The third-order valence-corrected chi connectivity index (χ3v) is 9.76. The first-order chi connectivity index (χ1) is 15.0. The van der Waals surface area contributed by atoms with Crippen LogP contribution in [-0.4, -0.2) is 58.0 Å². The molecular formula is C21H34N4O4S2. The summed E-state index contributed by atoms with van der Waals surface area (Å²) in [5.41, 5.74) is 0.0765. The average molecular weight is 471 g/mol. The Morgan fingerprint density at radius 2 is 1.84 bits per heavy atom. The van der Waals surface area contributed by atoms with Crippen molar-refractivity contribution in [2.24, 2.45) is 5.92 Å². The minimum atomic E-state index is -0.761. The van der Waals surface area contributed by atoms with E-state index in [1.165, 1.54) is 63.1 Å². The summed E-state index contributed by atoms with van der Waals surface area (Å²) in [6.07, 6.45) is 10.5. The minimum Gasteiger partial charge on any atom is -0.450 e. The highest BCUT2D eigenvalue weighted by molar-refractivity contribution is 8.01. The number of rotatable bonds is 5. The van der Waals surface area contributed by atoms with Gasteiger partial charge in [0.25, 0.3) is 0 Å². The number of hydrogen-bond acceptors (Lipinski definition) is 8. The standard InChI is InChI=1S/C21H34N4O4S2/c1-2-29-20(28)24-16(26)15-18(30-12-22-15)23-17(27)19-25-21(13-8-4-3-5-9-13)11-7-6-10-14(21)31-19/h13-15,18-19,22,25H,2-12H2,1H3,(H,23,27)(H,24,26,28). The zero-order valence-corrected chi connectivity index (χ0v) is 19.7. The van der Waals surface area contributed by atoms with E-state index < -0.39 is 23.4 Å². The van der Waals surface area contributed by atoms with Crippen molar-refractivity contribution in [1.29, 1.82) is 0 Å². The maximum Gasteiger partial charge on any atom is 0.413 e. The van der Waals surface area contributed by atoms with Gasteiger partial charge in [-0.3, -0.25) is 25.5 Å². The molecule has 0 radical (unpaired) electrons. The van der Waals surface area contributed by atoms with E-state index in [-0.39, 0.29) is 23.4 Å². The van der Waals surface area contributed by atoms with Gasteiger partial charge in [-0.05, 0) is 38.5 Å². The third kappa shape index (κ3) is 5.02. The molecule has 0 spiro atoms. The van der Waals surface area contributed by atoms with Gasteiger partial charge in [0.2, 0.25) is 11.8 Å². The molecule has 0 aromatic carbocycles. The molecule has 174 valence electrons. The molecule has 8 nitrogen and oxygen atoms in total. The quantitative estimate of drug-likeness (QED) is 0.485. The van der Waals surface area contributed by atoms with Crippen LogP contribution in [0.1, 0.15) is 64.7 Å². The Kier molecular flexibility index (Phi) is 7.72. The number of carbonyl (C=O) groups excluding carboxylic acids is 3. The van der Waals surface area contributed by atoms with E-state index in [1.54, 1.807) is 18.7 Å². The van der Waals surface area contributed by atoms with Crippen molar-refractivity contribution in [2.45, 2.75) is 92.3 Å². The molecule has 0 aromatic heterocycles. The fourth-order valence-corrected chi connectivity index (χ4v) is 8.44. The van der Waals surface area contributed by atoms with Crippen molar-refractivity contribution >= 4 is 41.4 Å². The highest BCUT2D eigenvalue weighted by atomic mass is 32.2. The first-order valence-corrected chi connectivity index (χ1v) is 13.6. The molecule has 0 bridgehead atoms. The van der Waals surface area contributed by atoms with E-state index in [2.05, 4.69) is 21.3 Å². The van der Waals surface area contributed by atoms with Gasteiger partial charge in [-0.25, -0.2) is 4.79 Å². The van der Waals surface area contributed by atoms with E-state index in [4.69, 9.17) is 4.74 Å². The van der Waals surface area contributed by atoms with Crippen LogP contribution in [0, 0.1) is 5.92 Å². The summed E-state index contributed by atoms with van der Waals surface area (Å²) in [6, 6.07) is -0.667. The van der Waals surface area contributed by atoms with Gasteiger partial charge >= 0.3 is 6.09 Å². The third-order valence-electron chi connectivity index (χ3n) is 7.09. The van der Waals surface area contributed by atoms with Crippen LogP contribution >= 0.6 is 23.5 Å². The lowest BCUT2D eigenvalue weighted by atomic mass is 9.67. The smallest absolute Gasteiger partial charge is 0.413 e.